The topological polar surface area (TPSA) is 113 Å². The van der Waals surface area contributed by atoms with Crippen LogP contribution in [0.2, 0.25) is 0 Å². The second kappa shape index (κ2) is 7.20. The summed E-state index contributed by atoms with van der Waals surface area (Å²) in [5.41, 5.74) is -0.0330. The van der Waals surface area contributed by atoms with Crippen LogP contribution in [0.15, 0.2) is 34.5 Å². The van der Waals surface area contributed by atoms with Crippen molar-refractivity contribution in [1.29, 1.82) is 0 Å². The molecule has 1 heterocycles. The summed E-state index contributed by atoms with van der Waals surface area (Å²) in [6.45, 7) is -0.191. The van der Waals surface area contributed by atoms with Gasteiger partial charge in [0.1, 0.15) is 12.2 Å². The molecule has 2 rings (SSSR count). The fraction of sp³-hybridized carbons (Fsp3) is 0.154. The Bertz CT molecular complexity index is 774. The second-order valence-electron chi connectivity index (χ2n) is 4.27. The number of nitrogens with zero attached hydrogens (tertiary/aromatic N) is 2. The molecule has 1 aromatic carbocycles. The van der Waals surface area contributed by atoms with Crippen molar-refractivity contribution < 1.29 is 19.4 Å². The number of thioether (sulfide) groups is 1. The maximum absolute atomic E-state index is 12.1. The van der Waals surface area contributed by atoms with E-state index >= 15 is 0 Å². The minimum Gasteiger partial charge on any atom is -0.457 e. The molecule has 0 amide bonds. The maximum atomic E-state index is 12.1. The van der Waals surface area contributed by atoms with Gasteiger partial charge in [-0.05, 0) is 18.4 Å². The molecular formula is C13H10N2O6S2. The van der Waals surface area contributed by atoms with E-state index in [4.69, 9.17) is 4.74 Å². The molecule has 0 spiro atoms. The maximum Gasteiger partial charge on any atom is 0.345 e. The largest absolute Gasteiger partial charge is 0.457 e. The number of benzene rings is 1. The van der Waals surface area contributed by atoms with Crippen LogP contribution in [0, 0.1) is 20.2 Å². The Hall–Kier alpha value is -2.46. The quantitative estimate of drug-likeness (QED) is 0.337. The van der Waals surface area contributed by atoms with E-state index in [9.17, 15) is 25.0 Å². The highest BCUT2D eigenvalue weighted by Gasteiger charge is 2.22. The molecule has 0 saturated heterocycles. The van der Waals surface area contributed by atoms with Crippen LogP contribution in [-0.4, -0.2) is 22.1 Å². The Balaban J connectivity index is 2.16. The normalized spacial score (nSPS) is 10.3. The lowest BCUT2D eigenvalue weighted by Gasteiger charge is -2.05. The van der Waals surface area contributed by atoms with Gasteiger partial charge >= 0.3 is 11.0 Å². The highest BCUT2D eigenvalue weighted by Crippen LogP contribution is 2.27. The van der Waals surface area contributed by atoms with Crippen molar-refractivity contribution in [3.8, 4) is 0 Å². The fourth-order valence-electron chi connectivity index (χ4n) is 1.73. The van der Waals surface area contributed by atoms with Crippen LogP contribution in [0.3, 0.4) is 0 Å². The van der Waals surface area contributed by atoms with Crippen molar-refractivity contribution in [2.24, 2.45) is 0 Å². The Morgan fingerprint density at radius 2 is 2.00 bits per heavy atom. The fourth-order valence-corrected chi connectivity index (χ4v) is 2.88. The number of carbonyl (C=O) groups excluding carboxylic acids is 1. The molecule has 0 aliphatic carbocycles. The standard InChI is InChI=1S/C13H10N2O6S2/c1-22-9-2-3-11(14(17)18)10(5-9)13(16)21-6-8-4-12(15(19)20)23-7-8/h2-5,7H,6H2,1H3. The lowest BCUT2D eigenvalue weighted by atomic mass is 10.2. The zero-order chi connectivity index (χ0) is 17.0. The van der Waals surface area contributed by atoms with Crippen molar-refractivity contribution in [3.63, 3.8) is 0 Å². The molecule has 0 N–H and O–H groups in total. The predicted octanol–water partition coefficient (Wildman–Crippen LogP) is 3.64. The Labute approximate surface area is 138 Å². The number of ether oxygens (including phenoxy) is 1. The van der Waals surface area contributed by atoms with Crippen LogP contribution in [-0.2, 0) is 11.3 Å². The highest BCUT2D eigenvalue weighted by molar-refractivity contribution is 7.98. The third-order valence-electron chi connectivity index (χ3n) is 2.81. The van der Waals surface area contributed by atoms with E-state index in [1.165, 1.54) is 35.3 Å². The Kier molecular flexibility index (Phi) is 5.29. The van der Waals surface area contributed by atoms with Crippen LogP contribution < -0.4 is 0 Å². The number of nitro benzene ring substituents is 1. The summed E-state index contributed by atoms with van der Waals surface area (Å²) < 4.78 is 5.03. The minimum atomic E-state index is -0.846. The first-order valence-electron chi connectivity index (χ1n) is 6.13. The molecule has 2 aromatic rings. The van der Waals surface area contributed by atoms with E-state index in [1.807, 2.05) is 0 Å². The molecule has 120 valence electrons. The van der Waals surface area contributed by atoms with Gasteiger partial charge in [-0.25, -0.2) is 4.79 Å². The van der Waals surface area contributed by atoms with E-state index in [0.717, 1.165) is 11.3 Å². The molecule has 0 saturated carbocycles. The van der Waals surface area contributed by atoms with Crippen LogP contribution in [0.25, 0.3) is 0 Å². The van der Waals surface area contributed by atoms with Crippen LogP contribution >= 0.6 is 23.1 Å². The van der Waals surface area contributed by atoms with Gasteiger partial charge in [0, 0.05) is 28.0 Å². The summed E-state index contributed by atoms with van der Waals surface area (Å²) >= 11 is 2.26. The van der Waals surface area contributed by atoms with Crippen LogP contribution in [0.1, 0.15) is 15.9 Å². The van der Waals surface area contributed by atoms with Crippen molar-refractivity contribution in [3.05, 3.63) is 61.0 Å². The number of carbonyl (C=O) groups is 1. The predicted molar refractivity (Wildman–Crippen MR) is 85.0 cm³/mol. The molecule has 0 bridgehead atoms. The van der Waals surface area contributed by atoms with Crippen molar-refractivity contribution in [1.82, 2.24) is 0 Å². The minimum absolute atomic E-state index is 0.0635. The molecule has 1 aromatic heterocycles. The first-order valence-corrected chi connectivity index (χ1v) is 8.24. The smallest absolute Gasteiger partial charge is 0.345 e. The van der Waals surface area contributed by atoms with Crippen LogP contribution in [0.5, 0.6) is 0 Å². The lowest BCUT2D eigenvalue weighted by Crippen LogP contribution is -2.08. The first-order chi connectivity index (χ1) is 10.9. The van der Waals surface area contributed by atoms with Gasteiger partial charge in [0.05, 0.1) is 9.85 Å². The average Bonchev–Trinajstić information content (AvgIpc) is 3.01. The van der Waals surface area contributed by atoms with Crippen molar-refractivity contribution in [2.45, 2.75) is 11.5 Å². The SMILES string of the molecule is CSc1ccc([N+](=O)[O-])c(C(=O)OCc2csc([N+](=O)[O-])c2)c1. The monoisotopic (exact) mass is 354 g/mol. The summed E-state index contributed by atoms with van der Waals surface area (Å²) in [6.07, 6.45) is 1.78. The summed E-state index contributed by atoms with van der Waals surface area (Å²) in [6, 6.07) is 5.48. The molecule has 8 nitrogen and oxygen atoms in total. The van der Waals surface area contributed by atoms with E-state index < -0.39 is 15.8 Å². The van der Waals surface area contributed by atoms with E-state index in [0.29, 0.717) is 10.5 Å². The van der Waals surface area contributed by atoms with Gasteiger partial charge < -0.3 is 4.74 Å². The molecule has 23 heavy (non-hydrogen) atoms. The summed E-state index contributed by atoms with van der Waals surface area (Å²) in [5, 5.41) is 23.0. The summed E-state index contributed by atoms with van der Waals surface area (Å²) in [5.74, 6) is -0.846. The Morgan fingerprint density at radius 1 is 1.26 bits per heavy atom. The molecule has 0 radical (unpaired) electrons. The molecule has 0 atom stereocenters. The lowest BCUT2D eigenvalue weighted by molar-refractivity contribution is -0.385. The number of esters is 1. The molecule has 0 aliphatic heterocycles. The third kappa shape index (κ3) is 4.05. The van der Waals surface area contributed by atoms with Crippen LogP contribution in [0.4, 0.5) is 10.7 Å². The average molecular weight is 354 g/mol. The van der Waals surface area contributed by atoms with Gasteiger partial charge in [0.25, 0.3) is 5.69 Å². The van der Waals surface area contributed by atoms with Gasteiger partial charge in [0.15, 0.2) is 0 Å². The van der Waals surface area contributed by atoms with Gasteiger partial charge in [0.2, 0.25) is 0 Å². The third-order valence-corrected chi connectivity index (χ3v) is 4.46. The summed E-state index contributed by atoms with van der Waals surface area (Å²) in [4.78, 5) is 33.2. The van der Waals surface area contributed by atoms with Gasteiger partial charge in [-0.3, -0.25) is 20.2 Å². The number of rotatable bonds is 6. The van der Waals surface area contributed by atoms with E-state index in [2.05, 4.69) is 0 Å². The number of nitro groups is 2. The molecule has 0 fully saturated rings. The zero-order valence-electron chi connectivity index (χ0n) is 11.8. The van der Waals surface area contributed by atoms with Gasteiger partial charge in [-0.2, -0.15) is 0 Å². The Morgan fingerprint density at radius 3 is 2.57 bits per heavy atom. The molecule has 0 unspecified atom stereocenters. The summed E-state index contributed by atoms with van der Waals surface area (Å²) in [7, 11) is 0. The zero-order valence-corrected chi connectivity index (χ0v) is 13.4. The number of thiophene rings is 1. The van der Waals surface area contributed by atoms with Gasteiger partial charge in [-0.15, -0.1) is 11.8 Å². The molecular weight excluding hydrogens is 344 g/mol. The second-order valence-corrected chi connectivity index (χ2v) is 6.04. The highest BCUT2D eigenvalue weighted by atomic mass is 32.2. The van der Waals surface area contributed by atoms with Crippen molar-refractivity contribution in [2.75, 3.05) is 6.26 Å². The van der Waals surface area contributed by atoms with E-state index in [1.54, 1.807) is 12.3 Å². The van der Waals surface area contributed by atoms with Gasteiger partial charge in [-0.1, -0.05) is 11.3 Å². The van der Waals surface area contributed by atoms with Crippen molar-refractivity contribution >= 4 is 39.8 Å². The number of hydrogen-bond donors (Lipinski definition) is 0. The first kappa shape index (κ1) is 16.9. The molecule has 10 heteroatoms. The molecule has 0 aliphatic rings. The van der Waals surface area contributed by atoms with E-state index in [-0.39, 0.29) is 22.9 Å². The number of hydrogen-bond acceptors (Lipinski definition) is 8.